The second-order valence-corrected chi connectivity index (χ2v) is 9.53. The molecule has 1 aromatic heterocycles. The summed E-state index contributed by atoms with van der Waals surface area (Å²) in [5, 5.41) is 13.1. The molecule has 0 unspecified atom stereocenters. The number of nitriles is 1. The maximum atomic E-state index is 13.6. The van der Waals surface area contributed by atoms with E-state index in [1.165, 1.54) is 12.1 Å². The van der Waals surface area contributed by atoms with Gasteiger partial charge in [0.25, 0.3) is 0 Å². The molecule has 3 aromatic carbocycles. The number of hydrogen-bond acceptors (Lipinski definition) is 3. The van der Waals surface area contributed by atoms with Crippen LogP contribution in [0.2, 0.25) is 0 Å². The number of aromatic nitrogens is 1. The van der Waals surface area contributed by atoms with Gasteiger partial charge in [-0.1, -0.05) is 36.4 Å². The number of rotatable bonds is 9. The number of nitrogens with one attached hydrogen (secondary N) is 2. The van der Waals surface area contributed by atoms with Gasteiger partial charge in [0.2, 0.25) is 5.91 Å². The van der Waals surface area contributed by atoms with Gasteiger partial charge in [-0.25, -0.2) is 9.18 Å². The smallest absolute Gasteiger partial charge is 0.322 e. The van der Waals surface area contributed by atoms with E-state index in [4.69, 9.17) is 5.26 Å². The van der Waals surface area contributed by atoms with Gasteiger partial charge < -0.3 is 20.1 Å². The van der Waals surface area contributed by atoms with Crippen molar-refractivity contribution in [1.82, 2.24) is 14.8 Å². The molecule has 3 amide bonds. The van der Waals surface area contributed by atoms with E-state index in [1.54, 1.807) is 46.2 Å². The number of halogens is 1. The number of carbonyl (C=O) groups is 2. The molecule has 192 valence electrons. The van der Waals surface area contributed by atoms with Crippen LogP contribution in [0.15, 0.2) is 79.0 Å². The third kappa shape index (κ3) is 6.01. The molecule has 1 aliphatic rings. The average molecular weight is 510 g/mol. The van der Waals surface area contributed by atoms with E-state index in [1.807, 2.05) is 30.5 Å². The molecule has 7 nitrogen and oxygen atoms in total. The maximum Gasteiger partial charge on any atom is 0.322 e. The molecule has 0 bridgehead atoms. The number of nitrogens with zero attached hydrogens (tertiary/aromatic N) is 3. The molecule has 38 heavy (non-hydrogen) atoms. The average Bonchev–Trinajstić information content (AvgIpc) is 3.70. The van der Waals surface area contributed by atoms with Crippen molar-refractivity contribution in [2.75, 3.05) is 18.4 Å². The molecular formula is C30H28FN5O2. The number of urea groups is 1. The van der Waals surface area contributed by atoms with Crippen LogP contribution >= 0.6 is 0 Å². The molecule has 8 heteroatoms. The van der Waals surface area contributed by atoms with Crippen molar-refractivity contribution in [2.24, 2.45) is 0 Å². The number of anilines is 1. The minimum absolute atomic E-state index is 0.000567. The van der Waals surface area contributed by atoms with Crippen LogP contribution < -0.4 is 5.32 Å². The fourth-order valence-electron chi connectivity index (χ4n) is 4.56. The summed E-state index contributed by atoms with van der Waals surface area (Å²) in [6, 6.07) is 22.5. The molecule has 5 rings (SSSR count). The summed E-state index contributed by atoms with van der Waals surface area (Å²) in [5.41, 5.74) is 3.91. The molecule has 0 saturated heterocycles. The van der Waals surface area contributed by atoms with Gasteiger partial charge in [-0.15, -0.1) is 0 Å². The van der Waals surface area contributed by atoms with Gasteiger partial charge in [0.15, 0.2) is 0 Å². The van der Waals surface area contributed by atoms with Gasteiger partial charge in [0.1, 0.15) is 12.4 Å². The van der Waals surface area contributed by atoms with Crippen molar-refractivity contribution in [1.29, 1.82) is 5.26 Å². The van der Waals surface area contributed by atoms with E-state index in [0.29, 0.717) is 30.8 Å². The Morgan fingerprint density at radius 1 is 1.05 bits per heavy atom. The van der Waals surface area contributed by atoms with Crippen LogP contribution in [0, 0.1) is 17.1 Å². The molecule has 4 aromatic rings. The minimum atomic E-state index is -0.366. The molecule has 1 heterocycles. The predicted molar refractivity (Wildman–Crippen MR) is 144 cm³/mol. The second kappa shape index (κ2) is 11.2. The van der Waals surface area contributed by atoms with Gasteiger partial charge in [-0.3, -0.25) is 4.79 Å². The minimum Gasteiger partial charge on any atom is -0.361 e. The van der Waals surface area contributed by atoms with Gasteiger partial charge in [0, 0.05) is 41.9 Å². The number of para-hydroxylation sites is 1. The summed E-state index contributed by atoms with van der Waals surface area (Å²) in [4.78, 5) is 33.3. The van der Waals surface area contributed by atoms with Crippen molar-refractivity contribution < 1.29 is 14.0 Å². The van der Waals surface area contributed by atoms with Gasteiger partial charge in [-0.2, -0.15) is 5.26 Å². The lowest BCUT2D eigenvalue weighted by molar-refractivity contribution is -0.132. The number of amides is 3. The first-order valence-electron chi connectivity index (χ1n) is 12.6. The molecule has 0 spiro atoms. The van der Waals surface area contributed by atoms with Crippen molar-refractivity contribution in [3.63, 3.8) is 0 Å². The number of fused-ring (bicyclic) bond motifs is 1. The SMILES string of the molecule is N#Cc1cccc(NC(=O)N(CC(=O)N(CCc2c[nH]c3ccccc23)Cc2ccc(F)cc2)C2CC2)c1. The maximum absolute atomic E-state index is 13.6. The predicted octanol–water partition coefficient (Wildman–Crippen LogP) is 5.45. The summed E-state index contributed by atoms with van der Waals surface area (Å²) in [5.74, 6) is -0.510. The Balaban J connectivity index is 1.32. The van der Waals surface area contributed by atoms with Crippen LogP contribution in [0.25, 0.3) is 10.9 Å². The molecule has 0 aliphatic heterocycles. The van der Waals surface area contributed by atoms with Crippen LogP contribution in [-0.4, -0.2) is 45.9 Å². The summed E-state index contributed by atoms with van der Waals surface area (Å²) in [6.45, 7) is 0.692. The first kappa shape index (κ1) is 25.0. The Morgan fingerprint density at radius 3 is 2.61 bits per heavy atom. The lowest BCUT2D eigenvalue weighted by Gasteiger charge is -2.28. The molecule has 0 atom stereocenters. The molecule has 1 saturated carbocycles. The third-order valence-corrected chi connectivity index (χ3v) is 6.76. The molecule has 2 N–H and O–H groups in total. The van der Waals surface area contributed by atoms with Crippen molar-refractivity contribution >= 4 is 28.5 Å². The zero-order chi connectivity index (χ0) is 26.5. The summed E-state index contributed by atoms with van der Waals surface area (Å²) < 4.78 is 13.5. The number of aromatic amines is 1. The van der Waals surface area contributed by atoms with E-state index >= 15 is 0 Å². The zero-order valence-electron chi connectivity index (χ0n) is 20.9. The Bertz CT molecular complexity index is 1490. The third-order valence-electron chi connectivity index (χ3n) is 6.76. The van der Waals surface area contributed by atoms with Crippen LogP contribution in [0.1, 0.15) is 29.5 Å². The van der Waals surface area contributed by atoms with E-state index in [0.717, 1.165) is 34.9 Å². The Kier molecular flexibility index (Phi) is 7.36. The van der Waals surface area contributed by atoms with Gasteiger partial charge in [0.05, 0.1) is 11.6 Å². The Labute approximate surface area is 220 Å². The number of carbonyl (C=O) groups excluding carboxylic acids is 2. The van der Waals surface area contributed by atoms with Gasteiger partial charge in [-0.05, 0) is 66.8 Å². The van der Waals surface area contributed by atoms with E-state index < -0.39 is 0 Å². The van der Waals surface area contributed by atoms with Gasteiger partial charge >= 0.3 is 6.03 Å². The summed E-state index contributed by atoms with van der Waals surface area (Å²) >= 11 is 0. The highest BCUT2D eigenvalue weighted by Crippen LogP contribution is 2.28. The molecular weight excluding hydrogens is 481 g/mol. The fraction of sp³-hybridized carbons (Fsp3) is 0.233. The number of benzene rings is 3. The summed E-state index contributed by atoms with van der Waals surface area (Å²) in [6.07, 6.45) is 4.27. The first-order chi connectivity index (χ1) is 18.5. The lowest BCUT2D eigenvalue weighted by atomic mass is 10.1. The highest BCUT2D eigenvalue weighted by Gasteiger charge is 2.35. The summed E-state index contributed by atoms with van der Waals surface area (Å²) in [7, 11) is 0. The molecule has 0 radical (unpaired) electrons. The molecule has 1 fully saturated rings. The monoisotopic (exact) mass is 509 g/mol. The van der Waals surface area contributed by atoms with Crippen molar-refractivity contribution in [3.8, 4) is 6.07 Å². The second-order valence-electron chi connectivity index (χ2n) is 9.53. The number of hydrogen-bond donors (Lipinski definition) is 2. The van der Waals surface area contributed by atoms with Crippen LogP contribution in [0.4, 0.5) is 14.9 Å². The van der Waals surface area contributed by atoms with Crippen molar-refractivity contribution in [3.05, 3.63) is 102 Å². The Morgan fingerprint density at radius 2 is 1.84 bits per heavy atom. The van der Waals surface area contributed by atoms with Crippen LogP contribution in [-0.2, 0) is 17.8 Å². The first-order valence-corrected chi connectivity index (χ1v) is 12.6. The van der Waals surface area contributed by atoms with E-state index in [-0.39, 0.29) is 30.3 Å². The topological polar surface area (TPSA) is 92.2 Å². The normalized spacial score (nSPS) is 12.6. The highest BCUT2D eigenvalue weighted by molar-refractivity contribution is 5.93. The van der Waals surface area contributed by atoms with Crippen LogP contribution in [0.3, 0.4) is 0 Å². The van der Waals surface area contributed by atoms with Crippen LogP contribution in [0.5, 0.6) is 0 Å². The standard InChI is InChI=1S/C30H28FN5O2/c31-24-10-8-21(9-11-24)19-35(15-14-23-18-33-28-7-2-1-6-27(23)28)29(37)20-36(26-12-13-26)30(38)34-25-5-3-4-22(16-25)17-32/h1-11,16,18,26,33H,12-15,19-20H2,(H,34,38). The lowest BCUT2D eigenvalue weighted by Crippen LogP contribution is -2.45. The molecule has 1 aliphatic carbocycles. The van der Waals surface area contributed by atoms with Crippen molar-refractivity contribution in [2.45, 2.75) is 31.8 Å². The fourth-order valence-corrected chi connectivity index (χ4v) is 4.56. The van der Waals surface area contributed by atoms with E-state index in [2.05, 4.69) is 16.4 Å². The zero-order valence-corrected chi connectivity index (χ0v) is 20.9. The largest absolute Gasteiger partial charge is 0.361 e. The highest BCUT2D eigenvalue weighted by atomic mass is 19.1. The van der Waals surface area contributed by atoms with E-state index in [9.17, 15) is 14.0 Å². The quantitative estimate of drug-likeness (QED) is 0.314. The Hall–Kier alpha value is -4.64. The number of H-pyrrole nitrogens is 1.